The lowest BCUT2D eigenvalue weighted by atomic mass is 9.94. The third-order valence-electron chi connectivity index (χ3n) is 6.09. The van der Waals surface area contributed by atoms with Crippen molar-refractivity contribution in [2.75, 3.05) is 0 Å². The van der Waals surface area contributed by atoms with Crippen LogP contribution in [-0.4, -0.2) is 20.7 Å². The van der Waals surface area contributed by atoms with Crippen molar-refractivity contribution >= 4 is 23.2 Å². The number of aromatic amines is 1. The van der Waals surface area contributed by atoms with E-state index >= 15 is 0 Å². The molecule has 0 unspecified atom stereocenters. The Bertz CT molecular complexity index is 1120. The van der Waals surface area contributed by atoms with Gasteiger partial charge in [0, 0.05) is 29.9 Å². The zero-order valence-corrected chi connectivity index (χ0v) is 16.2. The van der Waals surface area contributed by atoms with E-state index in [1.54, 1.807) is 12.2 Å². The standard InChI is InChI=1S/C23H25FN4/c1-15-13-20-19(11-12-25-23(20)27-15)22-21(16-7-9-17(24)10-8-16)26-14-28(22)18-5-3-2-4-6-18/h7,9-10,12-14,18,27H,2-6,8,11H2,1H3. The molecule has 0 aromatic carbocycles. The molecule has 0 spiro atoms. The Labute approximate surface area is 163 Å². The van der Waals surface area contributed by atoms with Crippen molar-refractivity contribution in [3.05, 3.63) is 58.4 Å². The van der Waals surface area contributed by atoms with Crippen LogP contribution >= 0.6 is 0 Å². The molecule has 144 valence electrons. The summed E-state index contributed by atoms with van der Waals surface area (Å²) in [7, 11) is 0. The van der Waals surface area contributed by atoms with Gasteiger partial charge in [0.25, 0.3) is 0 Å². The fraction of sp³-hybridized carbons (Fsp3) is 0.391. The Morgan fingerprint density at radius 3 is 2.79 bits per heavy atom. The minimum Gasteiger partial charge on any atom is -0.344 e. The monoisotopic (exact) mass is 376 g/mol. The zero-order valence-electron chi connectivity index (χ0n) is 16.2. The first kappa shape index (κ1) is 17.4. The van der Waals surface area contributed by atoms with E-state index < -0.39 is 0 Å². The summed E-state index contributed by atoms with van der Waals surface area (Å²) < 4.78 is 15.9. The summed E-state index contributed by atoms with van der Waals surface area (Å²) >= 11 is 0. The number of nitrogens with one attached hydrogen (secondary N) is 1. The summed E-state index contributed by atoms with van der Waals surface area (Å²) in [5.41, 5.74) is 4.63. The highest BCUT2D eigenvalue weighted by atomic mass is 19.1. The van der Waals surface area contributed by atoms with E-state index in [2.05, 4.69) is 27.5 Å². The van der Waals surface area contributed by atoms with Gasteiger partial charge in [0.2, 0.25) is 0 Å². The minimum atomic E-state index is -0.169. The molecule has 0 saturated heterocycles. The minimum absolute atomic E-state index is 0.169. The van der Waals surface area contributed by atoms with Gasteiger partial charge < -0.3 is 9.55 Å². The van der Waals surface area contributed by atoms with Gasteiger partial charge in [0.15, 0.2) is 0 Å². The Kier molecular flexibility index (Phi) is 4.38. The van der Waals surface area contributed by atoms with Crippen molar-refractivity contribution < 1.29 is 4.39 Å². The average molecular weight is 376 g/mol. The van der Waals surface area contributed by atoms with Crippen molar-refractivity contribution in [3.63, 3.8) is 0 Å². The van der Waals surface area contributed by atoms with E-state index in [1.165, 1.54) is 48.6 Å². The fourth-order valence-electron chi connectivity index (χ4n) is 4.70. The van der Waals surface area contributed by atoms with Crippen LogP contribution in [0.3, 0.4) is 0 Å². The van der Waals surface area contributed by atoms with Crippen LogP contribution in [0.4, 0.5) is 10.2 Å². The number of H-pyrrole nitrogens is 1. The van der Waals surface area contributed by atoms with Crippen LogP contribution < -0.4 is 10.7 Å². The molecule has 4 nitrogen and oxygen atoms in total. The van der Waals surface area contributed by atoms with Crippen LogP contribution in [-0.2, 0) is 0 Å². The number of aliphatic imine (C=N–C) groups is 1. The zero-order chi connectivity index (χ0) is 19.1. The first-order valence-corrected chi connectivity index (χ1v) is 10.3. The Morgan fingerprint density at radius 2 is 2.00 bits per heavy atom. The number of aryl methyl sites for hydroxylation is 1. The maximum absolute atomic E-state index is 13.5. The van der Waals surface area contributed by atoms with Gasteiger partial charge in [-0.05, 0) is 55.6 Å². The molecular weight excluding hydrogens is 351 g/mol. The number of allylic oxidation sites excluding steroid dienone is 4. The van der Waals surface area contributed by atoms with Crippen molar-refractivity contribution in [1.29, 1.82) is 0 Å². The van der Waals surface area contributed by atoms with Gasteiger partial charge in [-0.3, -0.25) is 0 Å². The molecule has 0 bridgehead atoms. The second kappa shape index (κ2) is 7.04. The van der Waals surface area contributed by atoms with E-state index in [-0.39, 0.29) is 5.83 Å². The van der Waals surface area contributed by atoms with Crippen LogP contribution in [0.25, 0.3) is 11.1 Å². The Morgan fingerprint density at radius 1 is 1.14 bits per heavy atom. The Balaban J connectivity index is 1.80. The summed E-state index contributed by atoms with van der Waals surface area (Å²) in [5.74, 6) is 0.759. The SMILES string of the molecule is Cc1cc2c([nH]1)N=CCC2=c1c(=C2C=CC(F)=CC2)ncn1C1CCCCC1. The molecule has 1 fully saturated rings. The van der Waals surface area contributed by atoms with Gasteiger partial charge in [-0.1, -0.05) is 25.3 Å². The number of rotatable bonds is 1. The van der Waals surface area contributed by atoms with E-state index in [4.69, 9.17) is 4.98 Å². The number of halogens is 1. The summed E-state index contributed by atoms with van der Waals surface area (Å²) in [4.78, 5) is 12.8. The van der Waals surface area contributed by atoms with E-state index in [0.717, 1.165) is 28.9 Å². The second-order valence-electron chi connectivity index (χ2n) is 8.00. The number of imidazole rings is 1. The predicted octanol–water partition coefficient (Wildman–Crippen LogP) is 4.29. The fourth-order valence-corrected chi connectivity index (χ4v) is 4.70. The molecule has 0 atom stereocenters. The maximum atomic E-state index is 13.5. The van der Waals surface area contributed by atoms with Gasteiger partial charge in [-0.15, -0.1) is 0 Å². The largest absolute Gasteiger partial charge is 0.344 e. The molecule has 1 N–H and O–H groups in total. The highest BCUT2D eigenvalue weighted by Crippen LogP contribution is 2.31. The van der Waals surface area contributed by atoms with Gasteiger partial charge >= 0.3 is 0 Å². The van der Waals surface area contributed by atoms with Crippen LogP contribution in [0.2, 0.25) is 0 Å². The quantitative estimate of drug-likeness (QED) is 0.793. The molecule has 5 rings (SSSR count). The lowest BCUT2D eigenvalue weighted by Gasteiger charge is -2.24. The summed E-state index contributed by atoms with van der Waals surface area (Å²) in [6.07, 6.45) is 16.7. The molecule has 3 aliphatic rings. The second-order valence-corrected chi connectivity index (χ2v) is 8.00. The number of nitrogens with zero attached hydrogens (tertiary/aromatic N) is 3. The molecule has 2 aliphatic carbocycles. The van der Waals surface area contributed by atoms with Gasteiger partial charge in [-0.2, -0.15) is 0 Å². The van der Waals surface area contributed by atoms with Gasteiger partial charge in [-0.25, -0.2) is 14.4 Å². The van der Waals surface area contributed by atoms with E-state index in [9.17, 15) is 4.39 Å². The summed E-state index contributed by atoms with van der Waals surface area (Å²) in [5, 5.41) is 2.18. The highest BCUT2D eigenvalue weighted by Gasteiger charge is 2.22. The lowest BCUT2D eigenvalue weighted by Crippen LogP contribution is -2.37. The van der Waals surface area contributed by atoms with E-state index in [0.29, 0.717) is 12.5 Å². The number of hydrogen-bond donors (Lipinski definition) is 1. The van der Waals surface area contributed by atoms with Gasteiger partial charge in [0.1, 0.15) is 11.6 Å². The number of hydrogen-bond acceptors (Lipinski definition) is 2. The third kappa shape index (κ3) is 2.99. The lowest BCUT2D eigenvalue weighted by molar-refractivity contribution is 0.348. The first-order valence-electron chi connectivity index (χ1n) is 10.3. The molecule has 2 aromatic rings. The first-order chi connectivity index (χ1) is 13.7. The molecule has 5 heteroatoms. The molecule has 3 heterocycles. The van der Waals surface area contributed by atoms with Crippen molar-refractivity contribution in [2.24, 2.45) is 4.99 Å². The van der Waals surface area contributed by atoms with Crippen LogP contribution in [0, 0.1) is 6.92 Å². The average Bonchev–Trinajstić information content (AvgIpc) is 3.32. The van der Waals surface area contributed by atoms with Crippen LogP contribution in [0.1, 0.15) is 62.2 Å². The predicted molar refractivity (Wildman–Crippen MR) is 111 cm³/mol. The topological polar surface area (TPSA) is 46.0 Å². The highest BCUT2D eigenvalue weighted by molar-refractivity contribution is 5.88. The van der Waals surface area contributed by atoms with Crippen LogP contribution in [0.5, 0.6) is 0 Å². The molecule has 28 heavy (non-hydrogen) atoms. The smallest absolute Gasteiger partial charge is 0.137 e. The molecule has 1 aliphatic heterocycles. The van der Waals surface area contributed by atoms with Crippen molar-refractivity contribution in [3.8, 4) is 0 Å². The summed E-state index contributed by atoms with van der Waals surface area (Å²) in [6.45, 7) is 2.07. The van der Waals surface area contributed by atoms with Crippen LogP contribution in [0.15, 0.2) is 41.4 Å². The van der Waals surface area contributed by atoms with E-state index in [1.807, 2.05) is 18.6 Å². The maximum Gasteiger partial charge on any atom is 0.137 e. The molecule has 0 radical (unpaired) electrons. The normalized spacial score (nSPS) is 23.7. The molecule has 2 aromatic heterocycles. The van der Waals surface area contributed by atoms with Crippen molar-refractivity contribution in [1.82, 2.24) is 14.5 Å². The third-order valence-corrected chi connectivity index (χ3v) is 6.09. The summed E-state index contributed by atoms with van der Waals surface area (Å²) in [6, 6.07) is 2.67. The van der Waals surface area contributed by atoms with Gasteiger partial charge in [0.05, 0.1) is 17.0 Å². The molecular formula is C23H25FN4. The number of fused-ring (bicyclic) bond motifs is 1. The number of aromatic nitrogens is 3. The molecule has 0 amide bonds. The molecule has 1 saturated carbocycles. The Hall–Kier alpha value is -2.69. The van der Waals surface area contributed by atoms with Crippen molar-refractivity contribution in [2.45, 2.75) is 57.9 Å².